The van der Waals surface area contributed by atoms with Crippen molar-refractivity contribution in [3.8, 4) is 11.5 Å². The van der Waals surface area contributed by atoms with Crippen LogP contribution in [0.5, 0.6) is 11.5 Å². The predicted octanol–water partition coefficient (Wildman–Crippen LogP) is 3.32. The summed E-state index contributed by atoms with van der Waals surface area (Å²) in [5.41, 5.74) is 2.20. The van der Waals surface area contributed by atoms with Gasteiger partial charge < -0.3 is 19.7 Å². The number of hydrogen-bond donors (Lipinski definition) is 1. The molecule has 0 unspecified atom stereocenters. The Morgan fingerprint density at radius 3 is 2.56 bits per heavy atom. The van der Waals surface area contributed by atoms with Crippen molar-refractivity contribution in [1.82, 2.24) is 5.32 Å². The third-order valence-corrected chi connectivity index (χ3v) is 4.75. The number of benzene rings is 2. The molecule has 0 aliphatic carbocycles. The van der Waals surface area contributed by atoms with Gasteiger partial charge in [-0.05, 0) is 49.2 Å². The topological polar surface area (TPSA) is 67.9 Å². The lowest BCUT2D eigenvalue weighted by Crippen LogP contribution is -2.28. The van der Waals surface area contributed by atoms with E-state index in [0.717, 1.165) is 17.7 Å². The number of carbonyl (C=O) groups is 2. The van der Waals surface area contributed by atoms with E-state index in [0.29, 0.717) is 30.0 Å². The molecule has 0 saturated carbocycles. The lowest BCUT2D eigenvalue weighted by atomic mass is 10.1. The van der Waals surface area contributed by atoms with Crippen molar-refractivity contribution in [1.29, 1.82) is 0 Å². The Bertz CT molecular complexity index is 850. The summed E-state index contributed by atoms with van der Waals surface area (Å²) in [7, 11) is 3.16. The molecule has 6 nitrogen and oxygen atoms in total. The van der Waals surface area contributed by atoms with Crippen LogP contribution >= 0.6 is 0 Å². The standard InChI is InChI=1S/C21H24N2O4/c1-14(15-9-10-18(26-2)19(13-15)27-3)22-21(25)16-6-4-7-17(12-16)23-11-5-8-20(23)24/h4,6-7,9-10,12-14H,5,8,11H2,1-3H3,(H,22,25)/t14-/m1/s1. The molecule has 3 rings (SSSR count). The van der Waals surface area contributed by atoms with E-state index >= 15 is 0 Å². The number of methoxy groups -OCH3 is 2. The van der Waals surface area contributed by atoms with Gasteiger partial charge in [-0.25, -0.2) is 0 Å². The summed E-state index contributed by atoms with van der Waals surface area (Å²) in [6.07, 6.45) is 1.42. The van der Waals surface area contributed by atoms with Gasteiger partial charge in [0.25, 0.3) is 5.91 Å². The maximum absolute atomic E-state index is 12.7. The van der Waals surface area contributed by atoms with E-state index in [9.17, 15) is 9.59 Å². The van der Waals surface area contributed by atoms with Gasteiger partial charge in [-0.15, -0.1) is 0 Å². The van der Waals surface area contributed by atoms with Crippen LogP contribution in [-0.2, 0) is 4.79 Å². The molecule has 6 heteroatoms. The number of carbonyl (C=O) groups excluding carboxylic acids is 2. The Hall–Kier alpha value is -3.02. The van der Waals surface area contributed by atoms with Crippen molar-refractivity contribution in [3.05, 3.63) is 53.6 Å². The smallest absolute Gasteiger partial charge is 0.251 e. The number of hydrogen-bond acceptors (Lipinski definition) is 4. The summed E-state index contributed by atoms with van der Waals surface area (Å²) in [6.45, 7) is 2.61. The third kappa shape index (κ3) is 4.05. The second kappa shape index (κ2) is 8.12. The molecule has 1 N–H and O–H groups in total. The highest BCUT2D eigenvalue weighted by Gasteiger charge is 2.22. The fourth-order valence-corrected chi connectivity index (χ4v) is 3.22. The summed E-state index contributed by atoms with van der Waals surface area (Å²) < 4.78 is 10.6. The summed E-state index contributed by atoms with van der Waals surface area (Å²) in [5.74, 6) is 1.17. The summed E-state index contributed by atoms with van der Waals surface area (Å²) >= 11 is 0. The van der Waals surface area contributed by atoms with E-state index in [4.69, 9.17) is 9.47 Å². The third-order valence-electron chi connectivity index (χ3n) is 4.75. The van der Waals surface area contributed by atoms with Gasteiger partial charge in [0.15, 0.2) is 11.5 Å². The van der Waals surface area contributed by atoms with E-state index in [-0.39, 0.29) is 17.9 Å². The van der Waals surface area contributed by atoms with Gasteiger partial charge in [-0.2, -0.15) is 0 Å². The zero-order valence-corrected chi connectivity index (χ0v) is 15.8. The van der Waals surface area contributed by atoms with Crippen molar-refractivity contribution in [2.75, 3.05) is 25.7 Å². The van der Waals surface area contributed by atoms with Gasteiger partial charge in [0.2, 0.25) is 5.91 Å². The minimum atomic E-state index is -0.214. The van der Waals surface area contributed by atoms with E-state index in [1.54, 1.807) is 37.3 Å². The number of anilines is 1. The highest BCUT2D eigenvalue weighted by Crippen LogP contribution is 2.30. The van der Waals surface area contributed by atoms with E-state index in [2.05, 4.69) is 5.32 Å². The number of rotatable bonds is 6. The number of ether oxygens (including phenoxy) is 2. The first-order valence-electron chi connectivity index (χ1n) is 8.96. The first kappa shape index (κ1) is 18.8. The van der Waals surface area contributed by atoms with Crippen molar-refractivity contribution >= 4 is 17.5 Å². The van der Waals surface area contributed by atoms with Crippen LogP contribution in [0.3, 0.4) is 0 Å². The maximum Gasteiger partial charge on any atom is 0.251 e. The van der Waals surface area contributed by atoms with Crippen LogP contribution in [0, 0.1) is 0 Å². The van der Waals surface area contributed by atoms with Crippen LogP contribution in [0.4, 0.5) is 5.69 Å². The fourth-order valence-electron chi connectivity index (χ4n) is 3.22. The van der Waals surface area contributed by atoms with Gasteiger partial charge in [0.05, 0.1) is 20.3 Å². The van der Waals surface area contributed by atoms with Crippen LogP contribution in [0.1, 0.15) is 41.7 Å². The summed E-state index contributed by atoms with van der Waals surface area (Å²) in [6, 6.07) is 12.5. The lowest BCUT2D eigenvalue weighted by molar-refractivity contribution is -0.117. The molecule has 0 radical (unpaired) electrons. The van der Waals surface area contributed by atoms with Gasteiger partial charge >= 0.3 is 0 Å². The predicted molar refractivity (Wildman–Crippen MR) is 103 cm³/mol. The molecule has 142 valence electrons. The number of nitrogens with one attached hydrogen (secondary N) is 1. The van der Waals surface area contributed by atoms with Crippen molar-refractivity contribution in [3.63, 3.8) is 0 Å². The minimum absolute atomic E-state index is 0.103. The van der Waals surface area contributed by atoms with Crippen molar-refractivity contribution < 1.29 is 19.1 Å². The first-order chi connectivity index (χ1) is 13.0. The van der Waals surface area contributed by atoms with Gasteiger partial charge in [-0.1, -0.05) is 12.1 Å². The Morgan fingerprint density at radius 1 is 1.11 bits per heavy atom. The number of nitrogens with zero attached hydrogens (tertiary/aromatic N) is 1. The molecule has 1 aliphatic heterocycles. The van der Waals surface area contributed by atoms with Crippen LogP contribution in [-0.4, -0.2) is 32.6 Å². The summed E-state index contributed by atoms with van der Waals surface area (Å²) in [5, 5.41) is 2.99. The molecule has 1 heterocycles. The van der Waals surface area contributed by atoms with E-state index in [1.807, 2.05) is 31.2 Å². The average molecular weight is 368 g/mol. The highest BCUT2D eigenvalue weighted by molar-refractivity contribution is 5.99. The van der Waals surface area contributed by atoms with Gasteiger partial charge in [0.1, 0.15) is 0 Å². The Balaban J connectivity index is 1.74. The summed E-state index contributed by atoms with van der Waals surface area (Å²) in [4.78, 5) is 26.3. The Morgan fingerprint density at radius 2 is 1.89 bits per heavy atom. The molecule has 0 aromatic heterocycles. The molecular formula is C21H24N2O4. The zero-order valence-electron chi connectivity index (χ0n) is 15.8. The second-order valence-corrected chi connectivity index (χ2v) is 6.51. The van der Waals surface area contributed by atoms with Gasteiger partial charge in [0, 0.05) is 24.2 Å². The molecule has 1 saturated heterocycles. The van der Waals surface area contributed by atoms with Gasteiger partial charge in [-0.3, -0.25) is 9.59 Å². The highest BCUT2D eigenvalue weighted by atomic mass is 16.5. The SMILES string of the molecule is COc1ccc([C@@H](C)NC(=O)c2cccc(N3CCCC3=O)c2)cc1OC. The first-order valence-corrected chi connectivity index (χ1v) is 8.96. The molecule has 1 atom stereocenters. The quantitative estimate of drug-likeness (QED) is 0.849. The largest absolute Gasteiger partial charge is 0.493 e. The molecule has 2 aromatic rings. The van der Waals surface area contributed by atoms with Crippen LogP contribution < -0.4 is 19.7 Å². The van der Waals surface area contributed by atoms with Crippen LogP contribution in [0.2, 0.25) is 0 Å². The normalized spacial score (nSPS) is 14.8. The minimum Gasteiger partial charge on any atom is -0.493 e. The second-order valence-electron chi connectivity index (χ2n) is 6.51. The molecule has 1 fully saturated rings. The van der Waals surface area contributed by atoms with Crippen LogP contribution in [0.25, 0.3) is 0 Å². The van der Waals surface area contributed by atoms with Crippen molar-refractivity contribution in [2.24, 2.45) is 0 Å². The number of amides is 2. The molecule has 0 spiro atoms. The lowest BCUT2D eigenvalue weighted by Gasteiger charge is -2.18. The Labute approximate surface area is 159 Å². The molecule has 0 bridgehead atoms. The molecule has 2 aromatic carbocycles. The van der Waals surface area contributed by atoms with Crippen LogP contribution in [0.15, 0.2) is 42.5 Å². The van der Waals surface area contributed by atoms with E-state index < -0.39 is 0 Å². The van der Waals surface area contributed by atoms with Crippen molar-refractivity contribution in [2.45, 2.75) is 25.8 Å². The maximum atomic E-state index is 12.7. The molecule has 1 aliphatic rings. The average Bonchev–Trinajstić information content (AvgIpc) is 3.13. The molecule has 27 heavy (non-hydrogen) atoms. The van der Waals surface area contributed by atoms with E-state index in [1.165, 1.54) is 0 Å². The molecular weight excluding hydrogens is 344 g/mol. The zero-order chi connectivity index (χ0) is 19.4. The fraction of sp³-hybridized carbons (Fsp3) is 0.333. The Kier molecular flexibility index (Phi) is 5.64. The molecule has 2 amide bonds. The monoisotopic (exact) mass is 368 g/mol.